The number of carboxylic acids is 1. The molecule has 1 N–H and O–H groups in total. The Kier molecular flexibility index (Phi) is 2.62. The third-order valence-corrected chi connectivity index (χ3v) is 2.49. The maximum atomic E-state index is 11.2. The molecule has 0 fully saturated rings. The Labute approximate surface area is 96.3 Å². The molecule has 0 radical (unpaired) electrons. The van der Waals surface area contributed by atoms with Gasteiger partial charge in [0.15, 0.2) is 0 Å². The van der Waals surface area contributed by atoms with E-state index in [1.807, 2.05) is 0 Å². The number of aliphatic carboxylic acids is 1. The van der Waals surface area contributed by atoms with Gasteiger partial charge in [0.1, 0.15) is 0 Å². The predicted octanol–water partition coefficient (Wildman–Crippen LogP) is 2.76. The molecule has 0 bridgehead atoms. The Morgan fingerprint density at radius 2 is 1.62 bits per heavy atom. The van der Waals surface area contributed by atoms with E-state index in [2.05, 4.69) is 0 Å². The SMILES string of the molecule is O=C(O)C(=O)c1ccc2cc(Cl)ccc2c1. The topological polar surface area (TPSA) is 54.4 Å². The van der Waals surface area contributed by atoms with Crippen molar-refractivity contribution in [1.29, 1.82) is 0 Å². The molecular formula is C12H7ClO3. The quantitative estimate of drug-likeness (QED) is 0.642. The molecule has 0 spiro atoms. The number of halogens is 1. The number of hydrogen-bond acceptors (Lipinski definition) is 2. The van der Waals surface area contributed by atoms with Crippen LogP contribution in [0, 0.1) is 0 Å². The first-order valence-corrected chi connectivity index (χ1v) is 4.92. The number of carbonyl (C=O) groups excluding carboxylic acids is 1. The first-order valence-electron chi connectivity index (χ1n) is 4.55. The molecule has 4 heteroatoms. The number of fused-ring (bicyclic) bond motifs is 1. The van der Waals surface area contributed by atoms with Gasteiger partial charge in [-0.05, 0) is 29.0 Å². The number of carbonyl (C=O) groups is 2. The summed E-state index contributed by atoms with van der Waals surface area (Å²) in [5.74, 6) is -2.36. The summed E-state index contributed by atoms with van der Waals surface area (Å²) in [6, 6.07) is 9.90. The van der Waals surface area contributed by atoms with E-state index in [1.54, 1.807) is 30.3 Å². The Hall–Kier alpha value is -1.87. The van der Waals surface area contributed by atoms with Crippen molar-refractivity contribution in [1.82, 2.24) is 0 Å². The number of benzene rings is 2. The van der Waals surface area contributed by atoms with Gasteiger partial charge in [0.25, 0.3) is 5.78 Å². The highest BCUT2D eigenvalue weighted by Gasteiger charge is 2.14. The van der Waals surface area contributed by atoms with Crippen molar-refractivity contribution >= 4 is 34.1 Å². The predicted molar refractivity (Wildman–Crippen MR) is 60.9 cm³/mol. The fraction of sp³-hybridized carbons (Fsp3) is 0. The van der Waals surface area contributed by atoms with Crippen LogP contribution in [0.4, 0.5) is 0 Å². The molecular weight excluding hydrogens is 228 g/mol. The minimum atomic E-state index is -1.45. The second kappa shape index (κ2) is 3.94. The summed E-state index contributed by atoms with van der Waals surface area (Å²) in [5, 5.41) is 10.8. The summed E-state index contributed by atoms with van der Waals surface area (Å²) in [4.78, 5) is 21.7. The number of rotatable bonds is 2. The second-order valence-corrected chi connectivity index (χ2v) is 3.78. The second-order valence-electron chi connectivity index (χ2n) is 3.34. The van der Waals surface area contributed by atoms with Crippen LogP contribution >= 0.6 is 11.6 Å². The smallest absolute Gasteiger partial charge is 0.377 e. The number of Topliss-reactive ketones (excluding diaryl/α,β-unsaturated/α-hetero) is 1. The lowest BCUT2D eigenvalue weighted by Gasteiger charge is -2.01. The summed E-state index contributed by atoms with van der Waals surface area (Å²) < 4.78 is 0. The van der Waals surface area contributed by atoms with Gasteiger partial charge in [0, 0.05) is 10.6 Å². The van der Waals surface area contributed by atoms with Crippen molar-refractivity contribution in [2.45, 2.75) is 0 Å². The molecule has 80 valence electrons. The fourth-order valence-corrected chi connectivity index (χ4v) is 1.66. The average molecular weight is 235 g/mol. The number of carboxylic acid groups (broad SMARTS) is 1. The molecule has 2 aromatic rings. The van der Waals surface area contributed by atoms with Crippen molar-refractivity contribution in [2.24, 2.45) is 0 Å². The lowest BCUT2D eigenvalue weighted by atomic mass is 10.0. The van der Waals surface area contributed by atoms with Crippen LogP contribution in [-0.2, 0) is 4.79 Å². The van der Waals surface area contributed by atoms with Gasteiger partial charge >= 0.3 is 5.97 Å². The van der Waals surface area contributed by atoms with E-state index in [0.717, 1.165) is 10.8 Å². The van der Waals surface area contributed by atoms with E-state index in [4.69, 9.17) is 16.7 Å². The third-order valence-electron chi connectivity index (χ3n) is 2.26. The van der Waals surface area contributed by atoms with Crippen molar-refractivity contribution in [3.05, 3.63) is 47.0 Å². The highest BCUT2D eigenvalue weighted by Crippen LogP contribution is 2.20. The molecule has 0 heterocycles. The van der Waals surface area contributed by atoms with E-state index in [9.17, 15) is 9.59 Å². The van der Waals surface area contributed by atoms with Gasteiger partial charge in [-0.1, -0.05) is 29.8 Å². The van der Waals surface area contributed by atoms with Crippen LogP contribution in [0.2, 0.25) is 5.02 Å². The maximum absolute atomic E-state index is 11.2. The van der Waals surface area contributed by atoms with E-state index in [0.29, 0.717) is 5.02 Å². The zero-order valence-electron chi connectivity index (χ0n) is 8.11. The summed E-state index contributed by atoms with van der Waals surface area (Å²) in [5.41, 5.74) is 0.169. The number of hydrogen-bond donors (Lipinski definition) is 1. The molecule has 0 aliphatic heterocycles. The standard InChI is InChI=1S/C12H7ClO3/c13-10-4-3-7-5-9(11(14)12(15)16)2-1-8(7)6-10/h1-6H,(H,15,16). The van der Waals surface area contributed by atoms with Crippen LogP contribution in [0.25, 0.3) is 10.8 Å². The monoisotopic (exact) mass is 234 g/mol. The Bertz CT molecular complexity index is 590. The minimum absolute atomic E-state index is 0.169. The van der Waals surface area contributed by atoms with E-state index >= 15 is 0 Å². The molecule has 0 amide bonds. The highest BCUT2D eigenvalue weighted by atomic mass is 35.5. The van der Waals surface area contributed by atoms with Crippen LogP contribution < -0.4 is 0 Å². The van der Waals surface area contributed by atoms with Gasteiger partial charge in [-0.2, -0.15) is 0 Å². The van der Waals surface area contributed by atoms with Crippen LogP contribution in [-0.4, -0.2) is 16.9 Å². The minimum Gasteiger partial charge on any atom is -0.475 e. The summed E-state index contributed by atoms with van der Waals surface area (Å²) in [6.07, 6.45) is 0. The molecule has 0 saturated carbocycles. The Morgan fingerprint density at radius 3 is 2.31 bits per heavy atom. The highest BCUT2D eigenvalue weighted by molar-refractivity contribution is 6.40. The molecule has 0 saturated heterocycles. The zero-order valence-corrected chi connectivity index (χ0v) is 8.86. The first kappa shape index (κ1) is 10.6. The molecule has 0 atom stereocenters. The molecule has 2 rings (SSSR count). The summed E-state index contributed by atoms with van der Waals surface area (Å²) in [6.45, 7) is 0. The summed E-state index contributed by atoms with van der Waals surface area (Å²) in [7, 11) is 0. The van der Waals surface area contributed by atoms with Crippen molar-refractivity contribution < 1.29 is 14.7 Å². The van der Waals surface area contributed by atoms with Gasteiger partial charge in [-0.15, -0.1) is 0 Å². The Balaban J connectivity index is 2.57. The third kappa shape index (κ3) is 1.90. The van der Waals surface area contributed by atoms with Crippen molar-refractivity contribution in [3.63, 3.8) is 0 Å². The maximum Gasteiger partial charge on any atom is 0.377 e. The van der Waals surface area contributed by atoms with Crippen LogP contribution in [0.15, 0.2) is 36.4 Å². The van der Waals surface area contributed by atoms with Gasteiger partial charge in [0.2, 0.25) is 0 Å². The molecule has 16 heavy (non-hydrogen) atoms. The normalized spacial score (nSPS) is 10.3. The largest absolute Gasteiger partial charge is 0.475 e. The van der Waals surface area contributed by atoms with Crippen LogP contribution in [0.5, 0.6) is 0 Å². The van der Waals surface area contributed by atoms with Gasteiger partial charge in [-0.25, -0.2) is 4.79 Å². The Morgan fingerprint density at radius 1 is 1.00 bits per heavy atom. The molecule has 0 aromatic heterocycles. The van der Waals surface area contributed by atoms with Crippen molar-refractivity contribution in [2.75, 3.05) is 0 Å². The first-order chi connectivity index (χ1) is 7.58. The van der Waals surface area contributed by atoms with Gasteiger partial charge < -0.3 is 5.11 Å². The lowest BCUT2D eigenvalue weighted by molar-refractivity contribution is -0.131. The molecule has 0 unspecified atom stereocenters. The van der Waals surface area contributed by atoms with E-state index in [-0.39, 0.29) is 5.56 Å². The zero-order chi connectivity index (χ0) is 11.7. The van der Waals surface area contributed by atoms with Crippen LogP contribution in [0.1, 0.15) is 10.4 Å². The van der Waals surface area contributed by atoms with E-state index < -0.39 is 11.8 Å². The lowest BCUT2D eigenvalue weighted by Crippen LogP contribution is -2.12. The molecule has 3 nitrogen and oxygen atoms in total. The fourth-order valence-electron chi connectivity index (χ4n) is 1.48. The van der Waals surface area contributed by atoms with Crippen molar-refractivity contribution in [3.8, 4) is 0 Å². The van der Waals surface area contributed by atoms with E-state index in [1.165, 1.54) is 6.07 Å². The van der Waals surface area contributed by atoms with Gasteiger partial charge in [-0.3, -0.25) is 4.79 Å². The summed E-state index contributed by atoms with van der Waals surface area (Å²) >= 11 is 5.81. The molecule has 2 aromatic carbocycles. The average Bonchev–Trinajstić information content (AvgIpc) is 2.27. The van der Waals surface area contributed by atoms with Gasteiger partial charge in [0.05, 0.1) is 0 Å². The molecule has 0 aliphatic rings. The molecule has 0 aliphatic carbocycles. The number of ketones is 1. The van der Waals surface area contributed by atoms with Crippen LogP contribution in [0.3, 0.4) is 0 Å².